The highest BCUT2D eigenvalue weighted by Gasteiger charge is 2.13. The molecule has 0 aliphatic rings. The normalized spacial score (nSPS) is 10.4. The Labute approximate surface area is 144 Å². The highest BCUT2D eigenvalue weighted by atomic mass is 35.5. The van der Waals surface area contributed by atoms with Crippen LogP contribution in [0, 0.1) is 0 Å². The number of aromatic amines is 1. The van der Waals surface area contributed by atoms with Gasteiger partial charge in [-0.05, 0) is 18.2 Å². The second-order valence-electron chi connectivity index (χ2n) is 5.14. The average molecular weight is 342 g/mol. The smallest absolute Gasteiger partial charge is 0.269 e. The molecule has 0 fully saturated rings. The van der Waals surface area contributed by atoms with Gasteiger partial charge >= 0.3 is 0 Å². The van der Waals surface area contributed by atoms with Crippen molar-refractivity contribution in [3.63, 3.8) is 0 Å². The summed E-state index contributed by atoms with van der Waals surface area (Å²) in [5.74, 6) is 0.492. The van der Waals surface area contributed by atoms with Gasteiger partial charge in [-0.2, -0.15) is 5.10 Å². The minimum atomic E-state index is -0.244. The van der Waals surface area contributed by atoms with Crippen molar-refractivity contribution in [2.75, 3.05) is 7.11 Å². The minimum Gasteiger partial charge on any atom is -0.496 e. The highest BCUT2D eigenvalue weighted by Crippen LogP contribution is 2.26. The summed E-state index contributed by atoms with van der Waals surface area (Å²) < 4.78 is 5.27. The molecule has 3 rings (SSSR count). The Balaban J connectivity index is 1.71. The van der Waals surface area contributed by atoms with E-state index in [2.05, 4.69) is 15.5 Å². The summed E-state index contributed by atoms with van der Waals surface area (Å²) in [6.45, 7) is 0.364. The van der Waals surface area contributed by atoms with Gasteiger partial charge in [-0.25, -0.2) is 0 Å². The van der Waals surface area contributed by atoms with E-state index in [1.54, 1.807) is 19.2 Å². The van der Waals surface area contributed by atoms with Crippen LogP contribution in [0.15, 0.2) is 54.6 Å². The topological polar surface area (TPSA) is 67.0 Å². The molecule has 1 heterocycles. The molecular weight excluding hydrogens is 326 g/mol. The van der Waals surface area contributed by atoms with E-state index in [0.717, 1.165) is 16.9 Å². The van der Waals surface area contributed by atoms with Crippen LogP contribution in [0.3, 0.4) is 0 Å². The number of H-pyrrole nitrogens is 1. The zero-order chi connectivity index (χ0) is 16.9. The zero-order valence-electron chi connectivity index (χ0n) is 13.0. The molecule has 0 aliphatic carbocycles. The predicted molar refractivity (Wildman–Crippen MR) is 93.2 cm³/mol. The molecule has 0 saturated carbocycles. The van der Waals surface area contributed by atoms with Crippen LogP contribution in [0.2, 0.25) is 5.02 Å². The van der Waals surface area contributed by atoms with Crippen LogP contribution >= 0.6 is 11.6 Å². The number of halogens is 1. The van der Waals surface area contributed by atoms with Crippen molar-refractivity contribution < 1.29 is 9.53 Å². The Hall–Kier alpha value is -2.79. The number of para-hydroxylation sites is 1. The van der Waals surface area contributed by atoms with E-state index in [-0.39, 0.29) is 5.91 Å². The van der Waals surface area contributed by atoms with Crippen molar-refractivity contribution in [3.05, 3.63) is 70.9 Å². The van der Waals surface area contributed by atoms with Crippen LogP contribution in [0.4, 0.5) is 0 Å². The maximum absolute atomic E-state index is 12.3. The summed E-state index contributed by atoms with van der Waals surface area (Å²) in [6.07, 6.45) is 0. The molecule has 3 aromatic rings. The second-order valence-corrected chi connectivity index (χ2v) is 5.55. The van der Waals surface area contributed by atoms with Gasteiger partial charge in [-0.3, -0.25) is 9.89 Å². The fraction of sp³-hybridized carbons (Fsp3) is 0.111. The maximum atomic E-state index is 12.3. The van der Waals surface area contributed by atoms with Crippen LogP contribution in [-0.4, -0.2) is 23.2 Å². The van der Waals surface area contributed by atoms with Gasteiger partial charge in [0.1, 0.15) is 11.4 Å². The quantitative estimate of drug-likeness (QED) is 0.744. The molecule has 24 heavy (non-hydrogen) atoms. The molecule has 0 atom stereocenters. The lowest BCUT2D eigenvalue weighted by molar-refractivity contribution is 0.0945. The number of aromatic nitrogens is 2. The van der Waals surface area contributed by atoms with Gasteiger partial charge in [0.15, 0.2) is 0 Å². The van der Waals surface area contributed by atoms with Crippen molar-refractivity contribution in [2.45, 2.75) is 6.54 Å². The third-order valence-electron chi connectivity index (χ3n) is 3.60. The Morgan fingerprint density at radius 3 is 2.75 bits per heavy atom. The van der Waals surface area contributed by atoms with Crippen LogP contribution in [0.25, 0.3) is 11.3 Å². The summed E-state index contributed by atoms with van der Waals surface area (Å²) in [5.41, 5.74) is 2.68. The molecule has 0 radical (unpaired) electrons. The number of rotatable bonds is 5. The Morgan fingerprint density at radius 2 is 1.96 bits per heavy atom. The molecule has 0 aliphatic heterocycles. The predicted octanol–water partition coefficient (Wildman–Crippen LogP) is 3.67. The number of carbonyl (C=O) groups excluding carboxylic acids is 1. The molecule has 0 bridgehead atoms. The fourth-order valence-electron chi connectivity index (χ4n) is 2.36. The number of hydrogen-bond donors (Lipinski definition) is 2. The SMILES string of the molecule is COc1ccccc1CNC(=O)c1cc(-c2ccccc2Cl)n[nH]1. The largest absolute Gasteiger partial charge is 0.496 e. The van der Waals surface area contributed by atoms with Crippen LogP contribution in [-0.2, 0) is 6.54 Å². The first kappa shape index (κ1) is 16.1. The third-order valence-corrected chi connectivity index (χ3v) is 3.93. The lowest BCUT2D eigenvalue weighted by Crippen LogP contribution is -2.23. The molecule has 6 heteroatoms. The minimum absolute atomic E-state index is 0.244. The van der Waals surface area contributed by atoms with Crippen molar-refractivity contribution in [3.8, 4) is 17.0 Å². The first-order valence-electron chi connectivity index (χ1n) is 7.39. The molecule has 0 unspecified atom stereocenters. The number of nitrogens with one attached hydrogen (secondary N) is 2. The van der Waals surface area contributed by atoms with E-state index in [0.29, 0.717) is 23.0 Å². The van der Waals surface area contributed by atoms with E-state index in [1.165, 1.54) is 0 Å². The van der Waals surface area contributed by atoms with Gasteiger partial charge in [0.2, 0.25) is 0 Å². The van der Waals surface area contributed by atoms with Crippen molar-refractivity contribution in [1.82, 2.24) is 15.5 Å². The zero-order valence-corrected chi connectivity index (χ0v) is 13.8. The highest BCUT2D eigenvalue weighted by molar-refractivity contribution is 6.33. The molecule has 2 N–H and O–H groups in total. The van der Waals surface area contributed by atoms with Gasteiger partial charge < -0.3 is 10.1 Å². The molecule has 5 nitrogen and oxygen atoms in total. The maximum Gasteiger partial charge on any atom is 0.269 e. The average Bonchev–Trinajstić information content (AvgIpc) is 3.10. The van der Waals surface area contributed by atoms with Gasteiger partial charge in [0.05, 0.1) is 17.8 Å². The van der Waals surface area contributed by atoms with Gasteiger partial charge in [-0.15, -0.1) is 0 Å². The van der Waals surface area contributed by atoms with E-state index >= 15 is 0 Å². The number of nitrogens with zero attached hydrogens (tertiary/aromatic N) is 1. The molecular formula is C18H16ClN3O2. The first-order chi connectivity index (χ1) is 11.7. The van der Waals surface area contributed by atoms with Crippen LogP contribution < -0.4 is 10.1 Å². The van der Waals surface area contributed by atoms with E-state index in [1.807, 2.05) is 42.5 Å². The summed E-state index contributed by atoms with van der Waals surface area (Å²) >= 11 is 6.15. The van der Waals surface area contributed by atoms with E-state index in [4.69, 9.17) is 16.3 Å². The first-order valence-corrected chi connectivity index (χ1v) is 7.77. The molecule has 0 saturated heterocycles. The number of benzene rings is 2. The fourth-order valence-corrected chi connectivity index (χ4v) is 2.60. The summed E-state index contributed by atoms with van der Waals surface area (Å²) in [5, 5.41) is 10.3. The Morgan fingerprint density at radius 1 is 1.21 bits per heavy atom. The van der Waals surface area contributed by atoms with Gasteiger partial charge in [0.25, 0.3) is 5.91 Å². The van der Waals surface area contributed by atoms with Crippen LogP contribution in [0.5, 0.6) is 5.75 Å². The lowest BCUT2D eigenvalue weighted by Gasteiger charge is -2.08. The number of carbonyl (C=O) groups is 1. The van der Waals surface area contributed by atoms with E-state index < -0.39 is 0 Å². The van der Waals surface area contributed by atoms with Crippen molar-refractivity contribution in [2.24, 2.45) is 0 Å². The number of ether oxygens (including phenoxy) is 1. The Bertz CT molecular complexity index is 861. The van der Waals surface area contributed by atoms with Crippen molar-refractivity contribution >= 4 is 17.5 Å². The summed E-state index contributed by atoms with van der Waals surface area (Å²) in [6, 6.07) is 16.6. The monoisotopic (exact) mass is 341 g/mol. The van der Waals surface area contributed by atoms with Gasteiger partial charge in [-0.1, -0.05) is 48.0 Å². The Kier molecular flexibility index (Phi) is 4.82. The number of hydrogen-bond acceptors (Lipinski definition) is 3. The van der Waals surface area contributed by atoms with Crippen LogP contribution in [0.1, 0.15) is 16.1 Å². The molecule has 1 aromatic heterocycles. The standard InChI is InChI=1S/C18H16ClN3O2/c1-24-17-9-5-2-6-12(17)11-20-18(23)16-10-15(21-22-16)13-7-3-4-8-14(13)19/h2-10H,11H2,1H3,(H,20,23)(H,21,22). The van der Waals surface area contributed by atoms with E-state index in [9.17, 15) is 4.79 Å². The molecule has 0 spiro atoms. The summed E-state index contributed by atoms with van der Waals surface area (Å²) in [7, 11) is 1.60. The summed E-state index contributed by atoms with van der Waals surface area (Å²) in [4.78, 5) is 12.3. The lowest BCUT2D eigenvalue weighted by atomic mass is 10.1. The molecule has 1 amide bonds. The number of amides is 1. The number of methoxy groups -OCH3 is 1. The van der Waals surface area contributed by atoms with Gasteiger partial charge in [0, 0.05) is 17.7 Å². The molecule has 122 valence electrons. The van der Waals surface area contributed by atoms with Crippen molar-refractivity contribution in [1.29, 1.82) is 0 Å². The third kappa shape index (κ3) is 3.41. The molecule has 2 aromatic carbocycles. The second kappa shape index (κ2) is 7.19.